The molecular formula is C6H5BFNO4. The lowest BCUT2D eigenvalue weighted by Gasteiger charge is -1.99. The van der Waals surface area contributed by atoms with Crippen molar-refractivity contribution in [1.82, 2.24) is 0 Å². The summed E-state index contributed by atoms with van der Waals surface area (Å²) in [6, 6.07) is 2.59. The van der Waals surface area contributed by atoms with E-state index in [1.54, 1.807) is 0 Å². The standard InChI is InChI=1S/C6H5BFNO4/c8-6-3-4(9(12)13)1-2-5(6)7(10)11/h1-3,10-11H. The molecule has 0 atom stereocenters. The molecule has 0 unspecified atom stereocenters. The fourth-order valence-electron chi connectivity index (χ4n) is 0.839. The van der Waals surface area contributed by atoms with Crippen molar-refractivity contribution in [3.8, 4) is 0 Å². The minimum atomic E-state index is -1.96. The van der Waals surface area contributed by atoms with Gasteiger partial charge in [-0.25, -0.2) is 4.39 Å². The van der Waals surface area contributed by atoms with Gasteiger partial charge in [0.25, 0.3) is 5.69 Å². The lowest BCUT2D eigenvalue weighted by atomic mass is 9.80. The highest BCUT2D eigenvalue weighted by molar-refractivity contribution is 6.58. The van der Waals surface area contributed by atoms with Crippen molar-refractivity contribution >= 4 is 18.3 Å². The molecule has 0 fully saturated rings. The van der Waals surface area contributed by atoms with E-state index in [0.717, 1.165) is 12.1 Å². The third kappa shape index (κ3) is 2.01. The van der Waals surface area contributed by atoms with Crippen LogP contribution in [0.2, 0.25) is 0 Å². The number of halogens is 1. The molecule has 1 aromatic rings. The smallest absolute Gasteiger partial charge is 0.423 e. The number of benzene rings is 1. The Labute approximate surface area is 72.7 Å². The second-order valence-corrected chi connectivity index (χ2v) is 2.34. The van der Waals surface area contributed by atoms with Crippen molar-refractivity contribution in [2.45, 2.75) is 0 Å². The van der Waals surface area contributed by atoms with Gasteiger partial charge in [-0.15, -0.1) is 0 Å². The lowest BCUT2D eigenvalue weighted by Crippen LogP contribution is -2.32. The average molecular weight is 185 g/mol. The summed E-state index contributed by atoms with van der Waals surface area (Å²) in [5.74, 6) is -1.01. The molecule has 0 aliphatic heterocycles. The van der Waals surface area contributed by atoms with E-state index >= 15 is 0 Å². The SMILES string of the molecule is O=[N+]([O-])c1ccc(B(O)O)c(F)c1. The fourth-order valence-corrected chi connectivity index (χ4v) is 0.839. The van der Waals surface area contributed by atoms with Gasteiger partial charge >= 0.3 is 7.12 Å². The second kappa shape index (κ2) is 3.50. The van der Waals surface area contributed by atoms with E-state index in [-0.39, 0.29) is 5.46 Å². The minimum Gasteiger partial charge on any atom is -0.423 e. The maximum Gasteiger partial charge on any atom is 0.491 e. The quantitative estimate of drug-likeness (QED) is 0.366. The maximum absolute atomic E-state index is 12.8. The molecule has 1 aromatic carbocycles. The zero-order chi connectivity index (χ0) is 10.0. The number of nitro groups is 1. The highest BCUT2D eigenvalue weighted by Crippen LogP contribution is 2.10. The molecule has 0 spiro atoms. The molecule has 0 heterocycles. The zero-order valence-corrected chi connectivity index (χ0v) is 6.35. The summed E-state index contributed by atoms with van der Waals surface area (Å²) in [5, 5.41) is 27.3. The number of rotatable bonds is 2. The first-order chi connectivity index (χ1) is 6.02. The van der Waals surface area contributed by atoms with Crippen LogP contribution in [0.25, 0.3) is 0 Å². The molecule has 0 saturated heterocycles. The number of nitrogens with zero attached hydrogens (tertiary/aromatic N) is 1. The Bertz CT molecular complexity index is 343. The third-order valence-electron chi connectivity index (χ3n) is 1.47. The molecule has 5 nitrogen and oxygen atoms in total. The summed E-state index contributed by atoms with van der Waals surface area (Å²) in [4.78, 5) is 9.38. The number of nitro benzene ring substituents is 1. The van der Waals surface area contributed by atoms with Gasteiger partial charge in [0.2, 0.25) is 0 Å². The minimum absolute atomic E-state index is 0.384. The van der Waals surface area contributed by atoms with Crippen LogP contribution in [0.4, 0.5) is 10.1 Å². The fraction of sp³-hybridized carbons (Fsp3) is 0. The molecule has 0 aliphatic carbocycles. The summed E-state index contributed by atoms with van der Waals surface area (Å²) in [6.45, 7) is 0. The second-order valence-electron chi connectivity index (χ2n) is 2.34. The topological polar surface area (TPSA) is 83.6 Å². The highest BCUT2D eigenvalue weighted by atomic mass is 19.1. The van der Waals surface area contributed by atoms with Gasteiger partial charge in [-0.3, -0.25) is 10.1 Å². The molecule has 7 heteroatoms. The summed E-state index contributed by atoms with van der Waals surface area (Å²) < 4.78 is 12.8. The first-order valence-electron chi connectivity index (χ1n) is 3.32. The van der Waals surface area contributed by atoms with Crippen LogP contribution in [-0.2, 0) is 0 Å². The van der Waals surface area contributed by atoms with Crippen LogP contribution in [0.1, 0.15) is 0 Å². The average Bonchev–Trinajstić information content (AvgIpc) is 2.03. The van der Waals surface area contributed by atoms with Crippen LogP contribution in [0.15, 0.2) is 18.2 Å². The summed E-state index contributed by atoms with van der Waals surface area (Å²) in [6.07, 6.45) is 0. The molecule has 1 rings (SSSR count). The van der Waals surface area contributed by atoms with Gasteiger partial charge in [-0.05, 0) is 0 Å². The van der Waals surface area contributed by atoms with E-state index < -0.39 is 23.5 Å². The van der Waals surface area contributed by atoms with E-state index in [1.165, 1.54) is 0 Å². The predicted octanol–water partition coefficient (Wildman–Crippen LogP) is -0.586. The Morgan fingerprint density at radius 1 is 1.46 bits per heavy atom. The molecular weight excluding hydrogens is 180 g/mol. The summed E-state index contributed by atoms with van der Waals surface area (Å²) in [7, 11) is -1.96. The van der Waals surface area contributed by atoms with E-state index in [9.17, 15) is 14.5 Å². The Balaban J connectivity index is 3.13. The van der Waals surface area contributed by atoms with Crippen molar-refractivity contribution in [3.05, 3.63) is 34.1 Å². The first-order valence-corrected chi connectivity index (χ1v) is 3.32. The normalized spacial score (nSPS) is 9.77. The van der Waals surface area contributed by atoms with Crippen molar-refractivity contribution in [1.29, 1.82) is 0 Å². The number of hydrogen-bond donors (Lipinski definition) is 2. The lowest BCUT2D eigenvalue weighted by molar-refractivity contribution is -0.385. The Morgan fingerprint density at radius 3 is 2.46 bits per heavy atom. The van der Waals surface area contributed by atoms with Crippen LogP contribution in [0.5, 0.6) is 0 Å². The van der Waals surface area contributed by atoms with E-state index in [1.807, 2.05) is 0 Å². The molecule has 13 heavy (non-hydrogen) atoms. The van der Waals surface area contributed by atoms with Crippen molar-refractivity contribution < 1.29 is 19.4 Å². The third-order valence-corrected chi connectivity index (χ3v) is 1.47. The van der Waals surface area contributed by atoms with Crippen molar-refractivity contribution in [2.24, 2.45) is 0 Å². The van der Waals surface area contributed by atoms with Gasteiger partial charge in [-0.2, -0.15) is 0 Å². The van der Waals surface area contributed by atoms with Crippen LogP contribution in [0.3, 0.4) is 0 Å². The van der Waals surface area contributed by atoms with E-state index in [4.69, 9.17) is 10.0 Å². The molecule has 68 valence electrons. The van der Waals surface area contributed by atoms with Crippen LogP contribution < -0.4 is 5.46 Å². The molecule has 0 bridgehead atoms. The summed E-state index contributed by atoms with van der Waals surface area (Å²) >= 11 is 0. The first kappa shape index (κ1) is 9.62. The van der Waals surface area contributed by atoms with Crippen molar-refractivity contribution in [3.63, 3.8) is 0 Å². The summed E-state index contributed by atoms with van der Waals surface area (Å²) in [5.41, 5.74) is -0.812. The molecule has 0 radical (unpaired) electrons. The Kier molecular flexibility index (Phi) is 2.59. The largest absolute Gasteiger partial charge is 0.491 e. The van der Waals surface area contributed by atoms with Crippen molar-refractivity contribution in [2.75, 3.05) is 0 Å². The van der Waals surface area contributed by atoms with Gasteiger partial charge in [-0.1, -0.05) is 6.07 Å². The number of non-ortho nitro benzene ring substituents is 1. The van der Waals surface area contributed by atoms with Crippen LogP contribution >= 0.6 is 0 Å². The van der Waals surface area contributed by atoms with Gasteiger partial charge in [0.05, 0.1) is 11.0 Å². The monoisotopic (exact) mass is 185 g/mol. The molecule has 0 aliphatic rings. The van der Waals surface area contributed by atoms with E-state index in [0.29, 0.717) is 6.07 Å². The Morgan fingerprint density at radius 2 is 2.08 bits per heavy atom. The Hall–Kier alpha value is -1.47. The van der Waals surface area contributed by atoms with E-state index in [2.05, 4.69) is 0 Å². The highest BCUT2D eigenvalue weighted by Gasteiger charge is 2.18. The van der Waals surface area contributed by atoms with Gasteiger partial charge in [0.15, 0.2) is 0 Å². The van der Waals surface area contributed by atoms with Gasteiger partial charge in [0, 0.05) is 11.5 Å². The van der Waals surface area contributed by atoms with Crippen LogP contribution in [0, 0.1) is 15.9 Å². The molecule has 0 saturated carbocycles. The predicted molar refractivity (Wildman–Crippen MR) is 42.9 cm³/mol. The number of hydrogen-bond acceptors (Lipinski definition) is 4. The van der Waals surface area contributed by atoms with Crippen LogP contribution in [-0.4, -0.2) is 22.1 Å². The molecule has 0 aromatic heterocycles. The van der Waals surface area contributed by atoms with Gasteiger partial charge in [0.1, 0.15) is 5.82 Å². The maximum atomic E-state index is 12.8. The molecule has 2 N–H and O–H groups in total. The molecule has 0 amide bonds. The van der Waals surface area contributed by atoms with Gasteiger partial charge < -0.3 is 10.0 Å². The zero-order valence-electron chi connectivity index (χ0n) is 6.35.